The van der Waals surface area contributed by atoms with Crippen LogP contribution >= 0.6 is 11.6 Å². The first-order valence-electron chi connectivity index (χ1n) is 5.15. The molecule has 0 radical (unpaired) electrons. The Bertz CT molecular complexity index is 379. The van der Waals surface area contributed by atoms with E-state index < -0.39 is 0 Å². The topological polar surface area (TPSA) is 52.3 Å². The highest BCUT2D eigenvalue weighted by Gasteiger charge is 2.15. The van der Waals surface area contributed by atoms with E-state index in [0.717, 1.165) is 0 Å². The maximum Gasteiger partial charge on any atom is 0.166 e. The fourth-order valence-corrected chi connectivity index (χ4v) is 1.58. The Morgan fingerprint density at radius 2 is 2.25 bits per heavy atom. The van der Waals surface area contributed by atoms with Crippen molar-refractivity contribution in [3.05, 3.63) is 28.8 Å². The highest BCUT2D eigenvalue weighted by molar-refractivity contribution is 6.31. The number of methoxy groups -OCH3 is 1. The highest BCUT2D eigenvalue weighted by atomic mass is 35.5. The fourth-order valence-electron chi connectivity index (χ4n) is 1.41. The average molecular weight is 242 g/mol. The van der Waals surface area contributed by atoms with Crippen LogP contribution in [0.25, 0.3) is 0 Å². The Morgan fingerprint density at radius 3 is 2.81 bits per heavy atom. The van der Waals surface area contributed by atoms with Crippen LogP contribution < -0.4 is 10.5 Å². The van der Waals surface area contributed by atoms with Gasteiger partial charge in [-0.25, -0.2) is 0 Å². The predicted octanol–water partition coefficient (Wildman–Crippen LogP) is 2.52. The summed E-state index contributed by atoms with van der Waals surface area (Å²) in [5, 5.41) is 0.532. The van der Waals surface area contributed by atoms with Gasteiger partial charge in [0.2, 0.25) is 0 Å². The van der Waals surface area contributed by atoms with E-state index in [9.17, 15) is 4.79 Å². The van der Waals surface area contributed by atoms with Crippen LogP contribution in [0.1, 0.15) is 23.7 Å². The van der Waals surface area contributed by atoms with Crippen molar-refractivity contribution >= 4 is 17.4 Å². The van der Waals surface area contributed by atoms with Crippen molar-refractivity contribution < 1.29 is 9.53 Å². The number of carbonyl (C=O) groups excluding carboxylic acids is 1. The largest absolute Gasteiger partial charge is 0.496 e. The summed E-state index contributed by atoms with van der Waals surface area (Å²) in [6, 6.07) is 5.03. The zero-order valence-corrected chi connectivity index (χ0v) is 10.3. The summed E-state index contributed by atoms with van der Waals surface area (Å²) in [6.45, 7) is 2.43. The van der Waals surface area contributed by atoms with Gasteiger partial charge < -0.3 is 10.5 Å². The molecule has 0 spiro atoms. The second kappa shape index (κ2) is 5.87. The SMILES string of the molecule is COc1ccc(Cl)cc1C(=O)CC(C)CN. The second-order valence-corrected chi connectivity index (χ2v) is 4.25. The third kappa shape index (κ3) is 3.22. The third-order valence-corrected chi connectivity index (χ3v) is 2.63. The maximum atomic E-state index is 12.0. The predicted molar refractivity (Wildman–Crippen MR) is 65.2 cm³/mol. The van der Waals surface area contributed by atoms with E-state index in [1.54, 1.807) is 18.2 Å². The summed E-state index contributed by atoms with van der Waals surface area (Å²) < 4.78 is 5.13. The van der Waals surface area contributed by atoms with Gasteiger partial charge in [0, 0.05) is 11.4 Å². The van der Waals surface area contributed by atoms with Crippen LogP contribution in [0.2, 0.25) is 5.02 Å². The van der Waals surface area contributed by atoms with E-state index in [2.05, 4.69) is 0 Å². The number of carbonyl (C=O) groups is 1. The van der Waals surface area contributed by atoms with Gasteiger partial charge in [-0.1, -0.05) is 18.5 Å². The molecule has 0 bridgehead atoms. The summed E-state index contributed by atoms with van der Waals surface area (Å²) in [7, 11) is 1.53. The molecule has 0 fully saturated rings. The molecule has 1 atom stereocenters. The maximum absolute atomic E-state index is 12.0. The van der Waals surface area contributed by atoms with Crippen molar-refractivity contribution in [3.8, 4) is 5.75 Å². The number of halogens is 1. The van der Waals surface area contributed by atoms with Crippen LogP contribution in [0.5, 0.6) is 5.75 Å². The lowest BCUT2D eigenvalue weighted by Gasteiger charge is -2.10. The van der Waals surface area contributed by atoms with E-state index in [0.29, 0.717) is 29.3 Å². The number of Topliss-reactive ketones (excluding diaryl/α,β-unsaturated/α-hetero) is 1. The van der Waals surface area contributed by atoms with E-state index in [1.807, 2.05) is 6.92 Å². The van der Waals surface area contributed by atoms with Gasteiger partial charge in [-0.2, -0.15) is 0 Å². The van der Waals surface area contributed by atoms with E-state index in [-0.39, 0.29) is 11.7 Å². The van der Waals surface area contributed by atoms with Gasteiger partial charge in [-0.15, -0.1) is 0 Å². The van der Waals surface area contributed by atoms with Crippen molar-refractivity contribution in [1.29, 1.82) is 0 Å². The second-order valence-electron chi connectivity index (χ2n) is 3.81. The van der Waals surface area contributed by atoms with Gasteiger partial charge >= 0.3 is 0 Å². The molecule has 4 heteroatoms. The number of benzene rings is 1. The highest BCUT2D eigenvalue weighted by Crippen LogP contribution is 2.24. The molecule has 0 aliphatic carbocycles. The van der Waals surface area contributed by atoms with Crippen molar-refractivity contribution in [1.82, 2.24) is 0 Å². The van der Waals surface area contributed by atoms with Crippen LogP contribution in [-0.2, 0) is 0 Å². The number of ketones is 1. The van der Waals surface area contributed by atoms with Crippen molar-refractivity contribution in [2.45, 2.75) is 13.3 Å². The molecule has 1 unspecified atom stereocenters. The molecular weight excluding hydrogens is 226 g/mol. The fraction of sp³-hybridized carbons (Fsp3) is 0.417. The monoisotopic (exact) mass is 241 g/mol. The lowest BCUT2D eigenvalue weighted by molar-refractivity contribution is 0.0963. The molecule has 0 aliphatic heterocycles. The minimum atomic E-state index is 0.0114. The third-order valence-electron chi connectivity index (χ3n) is 2.40. The van der Waals surface area contributed by atoms with Gasteiger partial charge in [-0.05, 0) is 30.7 Å². The van der Waals surface area contributed by atoms with Crippen LogP contribution in [0.15, 0.2) is 18.2 Å². The molecule has 0 aromatic heterocycles. The van der Waals surface area contributed by atoms with Crippen molar-refractivity contribution in [2.24, 2.45) is 11.7 Å². The lowest BCUT2D eigenvalue weighted by Crippen LogP contribution is -2.15. The molecule has 2 N–H and O–H groups in total. The number of hydrogen-bond donors (Lipinski definition) is 1. The minimum Gasteiger partial charge on any atom is -0.496 e. The van der Waals surface area contributed by atoms with Gasteiger partial charge in [0.25, 0.3) is 0 Å². The van der Waals surface area contributed by atoms with E-state index in [4.69, 9.17) is 22.1 Å². The number of rotatable bonds is 5. The first-order valence-corrected chi connectivity index (χ1v) is 5.53. The molecule has 1 aromatic rings. The van der Waals surface area contributed by atoms with Crippen molar-refractivity contribution in [2.75, 3.05) is 13.7 Å². The summed E-state index contributed by atoms with van der Waals surface area (Å²) in [5.41, 5.74) is 6.01. The Morgan fingerprint density at radius 1 is 1.56 bits per heavy atom. The van der Waals surface area contributed by atoms with Gasteiger partial charge in [0.1, 0.15) is 5.75 Å². The smallest absolute Gasteiger partial charge is 0.166 e. The normalized spacial score (nSPS) is 12.2. The molecule has 0 amide bonds. The summed E-state index contributed by atoms with van der Waals surface area (Å²) in [5.74, 6) is 0.729. The molecule has 0 heterocycles. The van der Waals surface area contributed by atoms with Crippen LogP contribution in [0, 0.1) is 5.92 Å². The number of ether oxygens (including phenoxy) is 1. The van der Waals surface area contributed by atoms with Gasteiger partial charge in [0.05, 0.1) is 12.7 Å². The molecule has 16 heavy (non-hydrogen) atoms. The average Bonchev–Trinajstić information content (AvgIpc) is 2.28. The molecule has 3 nitrogen and oxygen atoms in total. The van der Waals surface area contributed by atoms with Crippen LogP contribution in [-0.4, -0.2) is 19.4 Å². The number of hydrogen-bond acceptors (Lipinski definition) is 3. The Kier molecular flexibility index (Phi) is 4.77. The molecule has 0 saturated heterocycles. The van der Waals surface area contributed by atoms with E-state index >= 15 is 0 Å². The molecule has 0 aliphatic rings. The van der Waals surface area contributed by atoms with Gasteiger partial charge in [-0.3, -0.25) is 4.79 Å². The Hall–Kier alpha value is -1.06. The molecular formula is C12H16ClNO2. The Labute approximate surface area is 101 Å². The first kappa shape index (κ1) is 13.0. The van der Waals surface area contributed by atoms with Gasteiger partial charge in [0.15, 0.2) is 5.78 Å². The van der Waals surface area contributed by atoms with Crippen LogP contribution in [0.3, 0.4) is 0 Å². The molecule has 88 valence electrons. The minimum absolute atomic E-state index is 0.0114. The van der Waals surface area contributed by atoms with Crippen molar-refractivity contribution in [3.63, 3.8) is 0 Å². The number of nitrogens with two attached hydrogens (primary N) is 1. The summed E-state index contributed by atoms with van der Waals surface area (Å²) in [4.78, 5) is 12.0. The quantitative estimate of drug-likeness (QED) is 0.806. The zero-order valence-electron chi connectivity index (χ0n) is 9.50. The lowest BCUT2D eigenvalue weighted by atomic mass is 9.99. The summed E-state index contributed by atoms with van der Waals surface area (Å²) >= 11 is 5.86. The molecule has 1 aromatic carbocycles. The van der Waals surface area contributed by atoms with E-state index in [1.165, 1.54) is 7.11 Å². The molecule has 1 rings (SSSR count). The zero-order chi connectivity index (χ0) is 12.1. The van der Waals surface area contributed by atoms with Crippen LogP contribution in [0.4, 0.5) is 0 Å². The Balaban J connectivity index is 2.93. The standard InChI is InChI=1S/C12H16ClNO2/c1-8(7-14)5-11(15)10-6-9(13)3-4-12(10)16-2/h3-4,6,8H,5,7,14H2,1-2H3. The first-order chi connectivity index (χ1) is 7.58. The molecule has 0 saturated carbocycles. The summed E-state index contributed by atoms with van der Waals surface area (Å²) in [6.07, 6.45) is 0.410.